The molecule has 1 aliphatic carbocycles. The summed E-state index contributed by atoms with van der Waals surface area (Å²) in [6.07, 6.45) is 2.04. The Hall–Kier alpha value is -3.41. The Labute approximate surface area is 160 Å². The van der Waals surface area contributed by atoms with Crippen molar-refractivity contribution in [3.63, 3.8) is 0 Å². The smallest absolute Gasteiger partial charge is 0.254 e. The number of anilines is 1. The minimum atomic E-state index is -0.792. The first kappa shape index (κ1) is 18.0. The third kappa shape index (κ3) is 3.41. The maximum atomic E-state index is 13.7. The van der Waals surface area contributed by atoms with Gasteiger partial charge in [0.25, 0.3) is 5.91 Å². The van der Waals surface area contributed by atoms with Gasteiger partial charge in [-0.3, -0.25) is 9.59 Å². The van der Waals surface area contributed by atoms with Gasteiger partial charge in [0.1, 0.15) is 11.9 Å². The van der Waals surface area contributed by atoms with Gasteiger partial charge in [-0.25, -0.2) is 9.37 Å². The van der Waals surface area contributed by atoms with Crippen LogP contribution in [0.2, 0.25) is 0 Å². The monoisotopic (exact) mass is 383 g/mol. The van der Waals surface area contributed by atoms with Gasteiger partial charge in [0.15, 0.2) is 0 Å². The first-order valence-electron chi connectivity index (χ1n) is 9.01. The third-order valence-corrected chi connectivity index (χ3v) is 4.94. The predicted octanol–water partition coefficient (Wildman–Crippen LogP) is 1.62. The number of rotatable bonds is 4. The second kappa shape index (κ2) is 6.96. The van der Waals surface area contributed by atoms with E-state index in [0.717, 1.165) is 25.0 Å². The largest absolute Gasteiger partial charge is 0.423 e. The zero-order chi connectivity index (χ0) is 19.8. The lowest BCUT2D eigenvalue weighted by Crippen LogP contribution is -2.49. The van der Waals surface area contributed by atoms with Crippen LogP contribution >= 0.6 is 0 Å². The molecule has 8 nitrogen and oxygen atoms in total. The fourth-order valence-electron chi connectivity index (χ4n) is 3.27. The highest BCUT2D eigenvalue weighted by molar-refractivity contribution is 5.99. The summed E-state index contributed by atoms with van der Waals surface area (Å²) in [4.78, 5) is 31.7. The molecule has 144 valence electrons. The van der Waals surface area contributed by atoms with Crippen LogP contribution in [-0.4, -0.2) is 47.9 Å². The molecular formula is C19H18FN5O3. The maximum absolute atomic E-state index is 13.7. The highest BCUT2D eigenvalue weighted by Gasteiger charge is 2.33. The van der Waals surface area contributed by atoms with E-state index in [9.17, 15) is 19.2 Å². The topological polar surface area (TPSA) is 116 Å². The number of piperazine rings is 1. The molecule has 2 aromatic rings. The molecule has 1 aromatic heterocycles. The average molecular weight is 383 g/mol. The number of benzene rings is 1. The van der Waals surface area contributed by atoms with Gasteiger partial charge < -0.3 is 20.0 Å². The number of nitrogens with zero attached hydrogens (tertiary/aromatic N) is 4. The standard InChI is InChI=1S/C19H18FN5O3/c20-14-8-12(16(22)26)7-13(9-14)18(27)24-3-5-25(6-4-24)19-15(10-21)23-17(28-19)11-1-2-11/h7-9,11H,1-6H2,(H2,22,26). The van der Waals surface area contributed by atoms with Gasteiger partial charge in [0.2, 0.25) is 23.4 Å². The van der Waals surface area contributed by atoms with Gasteiger partial charge in [0.05, 0.1) is 0 Å². The number of hydrogen-bond donors (Lipinski definition) is 1. The number of hydrogen-bond acceptors (Lipinski definition) is 6. The van der Waals surface area contributed by atoms with Crippen LogP contribution in [0.1, 0.15) is 51.1 Å². The third-order valence-electron chi connectivity index (χ3n) is 4.94. The molecule has 2 amide bonds. The van der Waals surface area contributed by atoms with Crippen LogP contribution in [0.25, 0.3) is 0 Å². The van der Waals surface area contributed by atoms with Crippen molar-refractivity contribution in [1.29, 1.82) is 5.26 Å². The molecule has 0 spiro atoms. The molecule has 0 bridgehead atoms. The van der Waals surface area contributed by atoms with Gasteiger partial charge in [0, 0.05) is 43.2 Å². The first-order chi connectivity index (χ1) is 13.5. The zero-order valence-electron chi connectivity index (χ0n) is 15.0. The normalized spacial score (nSPS) is 16.7. The van der Waals surface area contributed by atoms with Crippen molar-refractivity contribution in [3.05, 3.63) is 46.7 Å². The van der Waals surface area contributed by atoms with Crippen LogP contribution in [0.4, 0.5) is 10.3 Å². The quantitative estimate of drug-likeness (QED) is 0.858. The highest BCUT2D eigenvalue weighted by atomic mass is 19.1. The van der Waals surface area contributed by atoms with Gasteiger partial charge in [-0.15, -0.1) is 0 Å². The Morgan fingerprint density at radius 2 is 1.86 bits per heavy atom. The summed E-state index contributed by atoms with van der Waals surface area (Å²) in [5, 5.41) is 9.31. The molecule has 9 heteroatoms. The lowest BCUT2D eigenvalue weighted by atomic mass is 10.1. The van der Waals surface area contributed by atoms with Crippen molar-refractivity contribution in [2.24, 2.45) is 5.73 Å². The summed E-state index contributed by atoms with van der Waals surface area (Å²) in [6.45, 7) is 1.65. The van der Waals surface area contributed by atoms with Gasteiger partial charge in [-0.1, -0.05) is 0 Å². The summed E-state index contributed by atoms with van der Waals surface area (Å²) in [6, 6.07) is 5.46. The number of primary amides is 1. The number of carbonyl (C=O) groups excluding carboxylic acids is 2. The Morgan fingerprint density at radius 1 is 1.18 bits per heavy atom. The summed E-state index contributed by atoms with van der Waals surface area (Å²) in [7, 11) is 0. The van der Waals surface area contributed by atoms with Crippen molar-refractivity contribution in [2.75, 3.05) is 31.1 Å². The number of carbonyl (C=O) groups is 2. The van der Waals surface area contributed by atoms with Crippen LogP contribution in [-0.2, 0) is 0 Å². The summed E-state index contributed by atoms with van der Waals surface area (Å²) in [5.41, 5.74) is 5.48. The lowest BCUT2D eigenvalue weighted by molar-refractivity contribution is 0.0744. The minimum Gasteiger partial charge on any atom is -0.423 e. The van der Waals surface area contributed by atoms with E-state index in [1.165, 1.54) is 6.07 Å². The summed E-state index contributed by atoms with van der Waals surface area (Å²) in [5.74, 6) is -0.512. The van der Waals surface area contributed by atoms with Crippen LogP contribution in [0, 0.1) is 17.1 Å². The summed E-state index contributed by atoms with van der Waals surface area (Å²) >= 11 is 0. The average Bonchev–Trinajstić information content (AvgIpc) is 3.46. The predicted molar refractivity (Wildman–Crippen MR) is 96.2 cm³/mol. The number of halogens is 1. The van der Waals surface area contributed by atoms with E-state index < -0.39 is 11.7 Å². The fourth-order valence-corrected chi connectivity index (χ4v) is 3.27. The molecule has 1 saturated carbocycles. The zero-order valence-corrected chi connectivity index (χ0v) is 15.0. The summed E-state index contributed by atoms with van der Waals surface area (Å²) < 4.78 is 19.5. The van der Waals surface area contributed by atoms with Crippen molar-refractivity contribution >= 4 is 17.7 Å². The van der Waals surface area contributed by atoms with E-state index >= 15 is 0 Å². The second-order valence-electron chi connectivity index (χ2n) is 6.96. The van der Waals surface area contributed by atoms with Crippen molar-refractivity contribution in [3.8, 4) is 6.07 Å². The molecule has 2 aliphatic rings. The van der Waals surface area contributed by atoms with Crippen molar-refractivity contribution < 1.29 is 18.4 Å². The molecule has 1 aromatic carbocycles. The molecule has 0 radical (unpaired) electrons. The second-order valence-corrected chi connectivity index (χ2v) is 6.96. The van der Waals surface area contributed by atoms with Gasteiger partial charge in [-0.05, 0) is 31.0 Å². The number of oxazole rings is 1. The molecule has 0 atom stereocenters. The van der Waals surface area contributed by atoms with E-state index in [1.54, 1.807) is 4.90 Å². The molecule has 2 N–H and O–H groups in total. The number of amides is 2. The molecule has 0 unspecified atom stereocenters. The van der Waals surface area contributed by atoms with Crippen molar-refractivity contribution in [1.82, 2.24) is 9.88 Å². The number of aromatic nitrogens is 1. The van der Waals surface area contributed by atoms with Gasteiger partial charge in [-0.2, -0.15) is 5.26 Å². The molecule has 2 fully saturated rings. The molecular weight excluding hydrogens is 365 g/mol. The van der Waals surface area contributed by atoms with Crippen molar-refractivity contribution in [2.45, 2.75) is 18.8 Å². The van der Waals surface area contributed by atoms with Crippen LogP contribution in [0.5, 0.6) is 0 Å². The van der Waals surface area contributed by atoms with Crippen LogP contribution in [0.3, 0.4) is 0 Å². The molecule has 4 rings (SSSR count). The van der Waals surface area contributed by atoms with Crippen LogP contribution in [0.15, 0.2) is 22.6 Å². The Balaban J connectivity index is 1.47. The maximum Gasteiger partial charge on any atom is 0.254 e. The molecule has 1 saturated heterocycles. The molecule has 2 heterocycles. The van der Waals surface area contributed by atoms with E-state index in [4.69, 9.17) is 10.2 Å². The Bertz CT molecular complexity index is 984. The number of nitriles is 1. The molecule has 1 aliphatic heterocycles. The molecule has 28 heavy (non-hydrogen) atoms. The van der Waals surface area contributed by atoms with Crippen LogP contribution < -0.4 is 10.6 Å². The van der Waals surface area contributed by atoms with Gasteiger partial charge >= 0.3 is 0 Å². The highest BCUT2D eigenvalue weighted by Crippen LogP contribution is 2.41. The fraction of sp³-hybridized carbons (Fsp3) is 0.368. The lowest BCUT2D eigenvalue weighted by Gasteiger charge is -2.34. The van der Waals surface area contributed by atoms with E-state index in [2.05, 4.69) is 11.1 Å². The minimum absolute atomic E-state index is 0.0464. The van der Waals surface area contributed by atoms with E-state index in [1.807, 2.05) is 4.90 Å². The Morgan fingerprint density at radius 3 is 2.46 bits per heavy atom. The van der Waals surface area contributed by atoms with E-state index in [-0.39, 0.29) is 22.7 Å². The van der Waals surface area contributed by atoms with E-state index in [0.29, 0.717) is 43.9 Å². The Kier molecular flexibility index (Phi) is 4.47. The SMILES string of the molecule is N#Cc1nc(C2CC2)oc1N1CCN(C(=O)c2cc(F)cc(C(N)=O)c2)CC1. The number of nitrogens with two attached hydrogens (primary N) is 1. The first-order valence-corrected chi connectivity index (χ1v) is 9.01.